The SMILES string of the molecule is CC#CCNC1CCN2CCC1C2. The zero-order chi connectivity index (χ0) is 9.10. The van der Waals surface area contributed by atoms with Crippen LogP contribution in [-0.4, -0.2) is 37.1 Å². The Morgan fingerprint density at radius 3 is 3.08 bits per heavy atom. The minimum Gasteiger partial charge on any atom is -0.303 e. The lowest BCUT2D eigenvalue weighted by Gasteiger charge is -2.30. The van der Waals surface area contributed by atoms with Crippen LogP contribution in [0.25, 0.3) is 0 Å². The van der Waals surface area contributed by atoms with Crippen molar-refractivity contribution in [3.8, 4) is 11.8 Å². The molecular formula is C11H18N2. The van der Waals surface area contributed by atoms with Crippen molar-refractivity contribution < 1.29 is 0 Å². The first-order valence-corrected chi connectivity index (χ1v) is 5.25. The summed E-state index contributed by atoms with van der Waals surface area (Å²) in [6.07, 6.45) is 2.70. The van der Waals surface area contributed by atoms with Crippen LogP contribution in [0.1, 0.15) is 19.8 Å². The second-order valence-corrected chi connectivity index (χ2v) is 4.05. The molecular weight excluding hydrogens is 160 g/mol. The van der Waals surface area contributed by atoms with Crippen molar-refractivity contribution >= 4 is 0 Å². The highest BCUT2D eigenvalue weighted by atomic mass is 15.2. The van der Waals surface area contributed by atoms with E-state index in [1.807, 2.05) is 6.92 Å². The number of piperidine rings is 1. The largest absolute Gasteiger partial charge is 0.303 e. The molecule has 0 aliphatic carbocycles. The molecule has 13 heavy (non-hydrogen) atoms. The van der Waals surface area contributed by atoms with Crippen LogP contribution in [0.5, 0.6) is 0 Å². The summed E-state index contributed by atoms with van der Waals surface area (Å²) in [6, 6.07) is 0.736. The van der Waals surface area contributed by atoms with Gasteiger partial charge in [0.2, 0.25) is 0 Å². The van der Waals surface area contributed by atoms with Crippen LogP contribution < -0.4 is 5.32 Å². The van der Waals surface area contributed by atoms with Crippen molar-refractivity contribution in [2.45, 2.75) is 25.8 Å². The summed E-state index contributed by atoms with van der Waals surface area (Å²) in [4.78, 5) is 2.58. The molecule has 0 saturated carbocycles. The summed E-state index contributed by atoms with van der Waals surface area (Å²) in [5.41, 5.74) is 0. The number of rotatable bonds is 2. The average Bonchev–Trinajstić information content (AvgIpc) is 2.53. The maximum absolute atomic E-state index is 3.55. The summed E-state index contributed by atoms with van der Waals surface area (Å²) < 4.78 is 0. The van der Waals surface area contributed by atoms with E-state index in [2.05, 4.69) is 22.1 Å². The monoisotopic (exact) mass is 178 g/mol. The van der Waals surface area contributed by atoms with E-state index < -0.39 is 0 Å². The fourth-order valence-electron chi connectivity index (χ4n) is 2.49. The molecule has 1 N–H and O–H groups in total. The average molecular weight is 178 g/mol. The van der Waals surface area contributed by atoms with Crippen LogP contribution >= 0.6 is 0 Å². The van der Waals surface area contributed by atoms with Crippen LogP contribution in [0.15, 0.2) is 0 Å². The zero-order valence-electron chi connectivity index (χ0n) is 8.34. The van der Waals surface area contributed by atoms with Gasteiger partial charge in [-0.1, -0.05) is 5.92 Å². The molecule has 2 heteroatoms. The molecule has 0 radical (unpaired) electrons. The number of fused-ring (bicyclic) bond motifs is 2. The predicted octanol–water partition coefficient (Wildman–Crippen LogP) is 0.694. The van der Waals surface area contributed by atoms with E-state index >= 15 is 0 Å². The van der Waals surface area contributed by atoms with E-state index in [-0.39, 0.29) is 0 Å². The number of nitrogens with zero attached hydrogens (tertiary/aromatic N) is 1. The van der Waals surface area contributed by atoms with Crippen molar-refractivity contribution in [3.63, 3.8) is 0 Å². The summed E-state index contributed by atoms with van der Waals surface area (Å²) in [6.45, 7) is 6.70. The smallest absolute Gasteiger partial charge is 0.0578 e. The highest BCUT2D eigenvalue weighted by Gasteiger charge is 2.33. The quantitative estimate of drug-likeness (QED) is 0.626. The molecule has 2 aliphatic rings. The third-order valence-corrected chi connectivity index (χ3v) is 3.26. The van der Waals surface area contributed by atoms with Gasteiger partial charge in [0.25, 0.3) is 0 Å². The van der Waals surface area contributed by atoms with Crippen LogP contribution in [0, 0.1) is 17.8 Å². The predicted molar refractivity (Wildman–Crippen MR) is 54.4 cm³/mol. The van der Waals surface area contributed by atoms with Crippen molar-refractivity contribution in [2.75, 3.05) is 26.2 Å². The zero-order valence-corrected chi connectivity index (χ0v) is 8.34. The van der Waals surface area contributed by atoms with Gasteiger partial charge in [-0.2, -0.15) is 0 Å². The number of nitrogens with one attached hydrogen (secondary N) is 1. The Morgan fingerprint density at radius 2 is 2.23 bits per heavy atom. The van der Waals surface area contributed by atoms with Gasteiger partial charge < -0.3 is 10.2 Å². The Bertz CT molecular complexity index is 226. The Hall–Kier alpha value is -0.520. The number of hydrogen-bond donors (Lipinski definition) is 1. The number of hydrogen-bond acceptors (Lipinski definition) is 2. The first kappa shape index (κ1) is 9.05. The molecule has 2 bridgehead atoms. The molecule has 3 unspecified atom stereocenters. The van der Waals surface area contributed by atoms with E-state index in [0.29, 0.717) is 0 Å². The fourth-order valence-corrected chi connectivity index (χ4v) is 2.49. The van der Waals surface area contributed by atoms with E-state index in [1.165, 1.54) is 32.5 Å². The summed E-state index contributed by atoms with van der Waals surface area (Å²) in [5.74, 6) is 6.90. The minimum absolute atomic E-state index is 0.736. The van der Waals surface area contributed by atoms with Crippen molar-refractivity contribution in [3.05, 3.63) is 0 Å². The van der Waals surface area contributed by atoms with Gasteiger partial charge in [0.1, 0.15) is 0 Å². The Balaban J connectivity index is 1.81. The molecule has 2 rings (SSSR count). The molecule has 0 aromatic heterocycles. The Morgan fingerprint density at radius 1 is 1.38 bits per heavy atom. The van der Waals surface area contributed by atoms with Gasteiger partial charge in [0.15, 0.2) is 0 Å². The Kier molecular flexibility index (Phi) is 2.87. The van der Waals surface area contributed by atoms with E-state index in [4.69, 9.17) is 0 Å². The molecule has 0 spiro atoms. The minimum atomic E-state index is 0.736. The maximum Gasteiger partial charge on any atom is 0.0578 e. The van der Waals surface area contributed by atoms with Crippen LogP contribution in [-0.2, 0) is 0 Å². The molecule has 2 aliphatic heterocycles. The molecule has 2 saturated heterocycles. The summed E-state index contributed by atoms with van der Waals surface area (Å²) in [5, 5.41) is 3.55. The summed E-state index contributed by atoms with van der Waals surface area (Å²) in [7, 11) is 0. The van der Waals surface area contributed by atoms with Crippen molar-refractivity contribution in [1.29, 1.82) is 0 Å². The lowest BCUT2D eigenvalue weighted by atomic mass is 9.94. The lowest BCUT2D eigenvalue weighted by Crippen LogP contribution is -2.43. The topological polar surface area (TPSA) is 15.3 Å². The van der Waals surface area contributed by atoms with Gasteiger partial charge >= 0.3 is 0 Å². The molecule has 2 fully saturated rings. The normalized spacial score (nSPS) is 36.8. The van der Waals surface area contributed by atoms with E-state index in [9.17, 15) is 0 Å². The van der Waals surface area contributed by atoms with Crippen molar-refractivity contribution in [2.24, 2.45) is 5.92 Å². The lowest BCUT2D eigenvalue weighted by molar-refractivity contribution is 0.225. The fraction of sp³-hybridized carbons (Fsp3) is 0.818. The third-order valence-electron chi connectivity index (χ3n) is 3.26. The molecule has 2 nitrogen and oxygen atoms in total. The van der Waals surface area contributed by atoms with Gasteiger partial charge in [-0.05, 0) is 38.8 Å². The molecule has 0 aromatic carbocycles. The van der Waals surface area contributed by atoms with Gasteiger partial charge in [0, 0.05) is 12.6 Å². The van der Waals surface area contributed by atoms with Gasteiger partial charge in [-0.3, -0.25) is 0 Å². The maximum atomic E-state index is 3.55. The highest BCUT2D eigenvalue weighted by Crippen LogP contribution is 2.26. The molecule has 0 amide bonds. The molecule has 0 aromatic rings. The van der Waals surface area contributed by atoms with Crippen LogP contribution in [0.3, 0.4) is 0 Å². The molecule has 72 valence electrons. The second kappa shape index (κ2) is 4.13. The van der Waals surface area contributed by atoms with Crippen LogP contribution in [0.4, 0.5) is 0 Å². The van der Waals surface area contributed by atoms with Gasteiger partial charge in [-0.15, -0.1) is 5.92 Å². The molecule has 2 heterocycles. The van der Waals surface area contributed by atoms with Gasteiger partial charge in [0.05, 0.1) is 6.54 Å². The van der Waals surface area contributed by atoms with E-state index in [1.54, 1.807) is 0 Å². The third kappa shape index (κ3) is 2.04. The second-order valence-electron chi connectivity index (χ2n) is 4.05. The summed E-state index contributed by atoms with van der Waals surface area (Å²) >= 11 is 0. The first-order chi connectivity index (χ1) is 6.40. The van der Waals surface area contributed by atoms with Crippen LogP contribution in [0.2, 0.25) is 0 Å². The Labute approximate surface area is 80.7 Å². The standard InChI is InChI=1S/C11H18N2/c1-2-3-6-12-11-5-8-13-7-4-10(11)9-13/h10-12H,4-9H2,1H3. The van der Waals surface area contributed by atoms with Gasteiger partial charge in [-0.25, -0.2) is 0 Å². The highest BCUT2D eigenvalue weighted by molar-refractivity contribution is 4.99. The molecule has 3 atom stereocenters. The first-order valence-electron chi connectivity index (χ1n) is 5.25. The van der Waals surface area contributed by atoms with Crippen molar-refractivity contribution in [1.82, 2.24) is 10.2 Å². The van der Waals surface area contributed by atoms with E-state index in [0.717, 1.165) is 18.5 Å².